The molecule has 2 N–H and O–H groups in total. The molecule has 2 aromatic rings. The highest BCUT2D eigenvalue weighted by atomic mass is 32.2. The number of carbonyl (C=O) groups is 2. The van der Waals surface area contributed by atoms with Crippen LogP contribution in [0.15, 0.2) is 53.4 Å². The minimum Gasteiger partial charge on any atom is -0.383 e. The van der Waals surface area contributed by atoms with E-state index in [1.54, 1.807) is 28.8 Å². The van der Waals surface area contributed by atoms with Crippen LogP contribution in [0.3, 0.4) is 0 Å². The maximum absolute atomic E-state index is 12.4. The van der Waals surface area contributed by atoms with Gasteiger partial charge in [-0.05, 0) is 42.7 Å². The predicted molar refractivity (Wildman–Crippen MR) is 113 cm³/mol. The van der Waals surface area contributed by atoms with Gasteiger partial charge in [-0.25, -0.2) is 0 Å². The van der Waals surface area contributed by atoms with Crippen molar-refractivity contribution in [3.63, 3.8) is 0 Å². The Hall–Kier alpha value is -3.07. The molecule has 2 amide bonds. The van der Waals surface area contributed by atoms with E-state index in [4.69, 9.17) is 0 Å². The van der Waals surface area contributed by atoms with E-state index in [1.807, 2.05) is 30.5 Å². The van der Waals surface area contributed by atoms with Gasteiger partial charge in [0.25, 0.3) is 5.69 Å². The van der Waals surface area contributed by atoms with Gasteiger partial charge in [-0.1, -0.05) is 0 Å². The van der Waals surface area contributed by atoms with Gasteiger partial charge in [0.2, 0.25) is 11.8 Å². The molecule has 0 aromatic heterocycles. The molecule has 0 spiro atoms. The topological polar surface area (TPSA) is 105 Å². The second kappa shape index (κ2) is 9.42. The Labute approximate surface area is 172 Å². The van der Waals surface area contributed by atoms with Crippen molar-refractivity contribution in [2.75, 3.05) is 36.1 Å². The number of amides is 2. The molecule has 8 nitrogen and oxygen atoms in total. The first kappa shape index (κ1) is 20.7. The molecule has 0 radical (unpaired) electrons. The van der Waals surface area contributed by atoms with Crippen LogP contribution in [0.1, 0.15) is 6.42 Å². The van der Waals surface area contributed by atoms with E-state index in [-0.39, 0.29) is 29.8 Å². The first-order chi connectivity index (χ1) is 14.0. The molecule has 1 atom stereocenters. The summed E-state index contributed by atoms with van der Waals surface area (Å²) in [6.07, 6.45) is 2.19. The van der Waals surface area contributed by atoms with E-state index >= 15 is 0 Å². The molecule has 152 valence electrons. The molecule has 1 aliphatic heterocycles. The maximum Gasteiger partial charge on any atom is 0.269 e. The van der Waals surface area contributed by atoms with Gasteiger partial charge in [0, 0.05) is 54.5 Å². The highest BCUT2D eigenvalue weighted by Crippen LogP contribution is 2.27. The second-order valence-electron chi connectivity index (χ2n) is 6.63. The van der Waals surface area contributed by atoms with Crippen molar-refractivity contribution in [1.82, 2.24) is 5.32 Å². The first-order valence-corrected chi connectivity index (χ1v) is 10.4. The zero-order valence-corrected chi connectivity index (χ0v) is 16.8. The predicted octanol–water partition coefficient (Wildman–Crippen LogP) is 2.90. The molecule has 1 aliphatic rings. The van der Waals surface area contributed by atoms with Crippen LogP contribution in [0.5, 0.6) is 0 Å². The van der Waals surface area contributed by atoms with Crippen LogP contribution in [-0.2, 0) is 9.59 Å². The highest BCUT2D eigenvalue weighted by molar-refractivity contribution is 7.98. The average molecular weight is 414 g/mol. The van der Waals surface area contributed by atoms with E-state index in [2.05, 4.69) is 10.6 Å². The van der Waals surface area contributed by atoms with Crippen molar-refractivity contribution in [2.24, 2.45) is 5.92 Å². The van der Waals surface area contributed by atoms with E-state index in [1.165, 1.54) is 12.1 Å². The first-order valence-electron chi connectivity index (χ1n) is 9.18. The number of benzene rings is 2. The maximum atomic E-state index is 12.4. The van der Waals surface area contributed by atoms with Gasteiger partial charge in [0.05, 0.1) is 10.8 Å². The van der Waals surface area contributed by atoms with Crippen LogP contribution in [0, 0.1) is 16.0 Å². The monoisotopic (exact) mass is 414 g/mol. The Morgan fingerprint density at radius 2 is 1.86 bits per heavy atom. The summed E-state index contributed by atoms with van der Waals surface area (Å²) in [5.41, 5.74) is 1.58. The van der Waals surface area contributed by atoms with Crippen molar-refractivity contribution < 1.29 is 14.5 Å². The lowest BCUT2D eigenvalue weighted by molar-refractivity contribution is -0.384. The Bertz CT molecular complexity index is 886. The van der Waals surface area contributed by atoms with Gasteiger partial charge >= 0.3 is 0 Å². The third-order valence-electron chi connectivity index (χ3n) is 4.71. The van der Waals surface area contributed by atoms with Crippen molar-refractivity contribution in [2.45, 2.75) is 11.3 Å². The number of hydrogen-bond acceptors (Lipinski definition) is 6. The summed E-state index contributed by atoms with van der Waals surface area (Å²) in [6.45, 7) is 1.24. The Kier molecular flexibility index (Phi) is 6.71. The smallest absolute Gasteiger partial charge is 0.269 e. The number of nitrogens with one attached hydrogen (secondary N) is 2. The summed E-state index contributed by atoms with van der Waals surface area (Å²) in [6, 6.07) is 13.8. The number of carbonyl (C=O) groups excluding carboxylic acids is 2. The molecular formula is C20H22N4O4S. The molecule has 2 aromatic carbocycles. The number of non-ortho nitro benzene ring substituents is 1. The summed E-state index contributed by atoms with van der Waals surface area (Å²) in [4.78, 5) is 37.7. The van der Waals surface area contributed by atoms with Crippen molar-refractivity contribution in [3.05, 3.63) is 58.6 Å². The fourth-order valence-electron chi connectivity index (χ4n) is 3.13. The number of rotatable bonds is 8. The third kappa shape index (κ3) is 5.26. The number of hydrogen-bond donors (Lipinski definition) is 2. The van der Waals surface area contributed by atoms with Crippen molar-refractivity contribution >= 4 is 40.6 Å². The van der Waals surface area contributed by atoms with Crippen LogP contribution in [0.25, 0.3) is 0 Å². The molecule has 0 aliphatic carbocycles. The summed E-state index contributed by atoms with van der Waals surface area (Å²) in [5.74, 6) is -0.569. The van der Waals surface area contributed by atoms with Crippen LogP contribution >= 0.6 is 11.8 Å². The van der Waals surface area contributed by atoms with E-state index in [0.717, 1.165) is 16.3 Å². The molecule has 1 fully saturated rings. The number of thioether (sulfide) groups is 1. The Morgan fingerprint density at radius 3 is 2.48 bits per heavy atom. The summed E-state index contributed by atoms with van der Waals surface area (Å²) < 4.78 is 0. The summed E-state index contributed by atoms with van der Waals surface area (Å²) in [5, 5.41) is 16.6. The largest absolute Gasteiger partial charge is 0.383 e. The molecule has 1 unspecified atom stereocenters. The lowest BCUT2D eigenvalue weighted by Crippen LogP contribution is -2.35. The van der Waals surface area contributed by atoms with Crippen LogP contribution in [-0.4, -0.2) is 42.6 Å². The minimum absolute atomic E-state index is 0.0300. The number of nitrogens with zero attached hydrogens (tertiary/aromatic N) is 2. The zero-order valence-electron chi connectivity index (χ0n) is 16.0. The SMILES string of the molecule is CSc1ccc(N2CC(C(=O)NCCNc3ccc([N+](=O)[O-])cc3)CC2=O)cc1. The lowest BCUT2D eigenvalue weighted by atomic mass is 10.1. The van der Waals surface area contributed by atoms with Gasteiger partial charge in [-0.2, -0.15) is 0 Å². The Balaban J connectivity index is 1.44. The average Bonchev–Trinajstić information content (AvgIpc) is 3.13. The molecule has 0 bridgehead atoms. The van der Waals surface area contributed by atoms with E-state index in [0.29, 0.717) is 19.6 Å². The van der Waals surface area contributed by atoms with Gasteiger partial charge in [0.15, 0.2) is 0 Å². The van der Waals surface area contributed by atoms with Crippen LogP contribution in [0.4, 0.5) is 17.1 Å². The van der Waals surface area contributed by atoms with Crippen molar-refractivity contribution in [1.29, 1.82) is 0 Å². The normalized spacial score (nSPS) is 16.0. The zero-order chi connectivity index (χ0) is 20.8. The lowest BCUT2D eigenvalue weighted by Gasteiger charge is -2.17. The van der Waals surface area contributed by atoms with E-state index < -0.39 is 4.92 Å². The second-order valence-corrected chi connectivity index (χ2v) is 7.50. The Morgan fingerprint density at radius 1 is 1.17 bits per heavy atom. The molecular weight excluding hydrogens is 392 g/mol. The molecule has 1 saturated heterocycles. The summed E-state index contributed by atoms with van der Waals surface area (Å²) >= 11 is 1.63. The molecule has 0 saturated carbocycles. The summed E-state index contributed by atoms with van der Waals surface area (Å²) in [7, 11) is 0. The molecule has 1 heterocycles. The number of nitro benzene ring substituents is 1. The number of nitro groups is 1. The third-order valence-corrected chi connectivity index (χ3v) is 5.45. The minimum atomic E-state index is -0.451. The van der Waals surface area contributed by atoms with Crippen LogP contribution in [0.2, 0.25) is 0 Å². The van der Waals surface area contributed by atoms with Gasteiger partial charge in [-0.15, -0.1) is 11.8 Å². The molecule has 9 heteroatoms. The molecule has 3 rings (SSSR count). The van der Waals surface area contributed by atoms with E-state index in [9.17, 15) is 19.7 Å². The van der Waals surface area contributed by atoms with Crippen LogP contribution < -0.4 is 15.5 Å². The highest BCUT2D eigenvalue weighted by Gasteiger charge is 2.34. The fraction of sp³-hybridized carbons (Fsp3) is 0.300. The van der Waals surface area contributed by atoms with Crippen molar-refractivity contribution in [3.8, 4) is 0 Å². The molecule has 29 heavy (non-hydrogen) atoms. The van der Waals surface area contributed by atoms with Gasteiger partial charge in [0.1, 0.15) is 0 Å². The quantitative estimate of drug-likeness (QED) is 0.298. The number of anilines is 2. The fourth-order valence-corrected chi connectivity index (χ4v) is 3.54. The van der Waals surface area contributed by atoms with Gasteiger partial charge < -0.3 is 15.5 Å². The van der Waals surface area contributed by atoms with Gasteiger partial charge in [-0.3, -0.25) is 19.7 Å². The standard InChI is InChI=1S/C20H22N4O4S/c1-29-18-8-6-16(7-9-18)23-13-14(12-19(23)25)20(26)22-11-10-21-15-2-4-17(5-3-15)24(27)28/h2-9,14,21H,10-13H2,1H3,(H,22,26).